The van der Waals surface area contributed by atoms with Gasteiger partial charge in [-0.15, -0.1) is 0 Å². The molecule has 0 aromatic heterocycles. The third-order valence-electron chi connectivity index (χ3n) is 2.65. The molecule has 0 saturated carbocycles. The minimum atomic E-state index is -1.23. The summed E-state index contributed by atoms with van der Waals surface area (Å²) < 4.78 is 0.673. The lowest BCUT2D eigenvalue weighted by Gasteiger charge is -2.15. The topological polar surface area (TPSA) is 122 Å². The second kappa shape index (κ2) is 7.63. The number of carboxylic acid groups (broad SMARTS) is 1. The normalized spacial score (nSPS) is 11.5. The van der Waals surface area contributed by atoms with Crippen LogP contribution in [0.15, 0.2) is 22.7 Å². The Bertz CT molecular complexity index is 562. The van der Waals surface area contributed by atoms with Gasteiger partial charge in [-0.3, -0.25) is 4.79 Å². The van der Waals surface area contributed by atoms with Crippen molar-refractivity contribution in [3.8, 4) is 0 Å². The van der Waals surface area contributed by atoms with Crippen molar-refractivity contribution >= 4 is 39.5 Å². The zero-order chi connectivity index (χ0) is 16.0. The molecular weight excluding hydrogens is 342 g/mol. The van der Waals surface area contributed by atoms with Gasteiger partial charge in [0.2, 0.25) is 5.91 Å². The number of urea groups is 1. The lowest BCUT2D eigenvalue weighted by molar-refractivity contribution is -0.139. The van der Waals surface area contributed by atoms with Gasteiger partial charge < -0.3 is 21.5 Å². The third-order valence-corrected chi connectivity index (χ3v) is 3.34. The minimum Gasteiger partial charge on any atom is -0.480 e. The van der Waals surface area contributed by atoms with E-state index in [2.05, 4.69) is 26.6 Å². The number of aliphatic carboxylic acids is 1. The van der Waals surface area contributed by atoms with Crippen LogP contribution in [0.3, 0.4) is 0 Å². The first kappa shape index (κ1) is 17.0. The number of nitrogens with two attached hydrogens (primary N) is 1. The van der Waals surface area contributed by atoms with E-state index in [-0.39, 0.29) is 12.8 Å². The SMILES string of the molecule is Cc1ccc(Br)c(NC(=O)N[C@H](CCC(N)=O)C(=O)O)c1. The van der Waals surface area contributed by atoms with Crippen molar-refractivity contribution in [3.63, 3.8) is 0 Å². The molecule has 114 valence electrons. The molecule has 0 aliphatic heterocycles. The highest BCUT2D eigenvalue weighted by molar-refractivity contribution is 9.10. The van der Waals surface area contributed by atoms with Crippen LogP contribution in [-0.2, 0) is 9.59 Å². The highest BCUT2D eigenvalue weighted by Crippen LogP contribution is 2.23. The fourth-order valence-electron chi connectivity index (χ4n) is 1.60. The summed E-state index contributed by atoms with van der Waals surface area (Å²) >= 11 is 3.28. The van der Waals surface area contributed by atoms with Crippen molar-refractivity contribution in [2.24, 2.45) is 5.73 Å². The number of amides is 3. The number of anilines is 1. The second-order valence-electron chi connectivity index (χ2n) is 4.48. The van der Waals surface area contributed by atoms with Crippen LogP contribution < -0.4 is 16.4 Å². The van der Waals surface area contributed by atoms with Crippen molar-refractivity contribution in [3.05, 3.63) is 28.2 Å². The first-order valence-electron chi connectivity index (χ1n) is 6.14. The lowest BCUT2D eigenvalue weighted by Crippen LogP contribution is -2.43. The Labute approximate surface area is 130 Å². The first-order chi connectivity index (χ1) is 9.79. The molecule has 0 unspecified atom stereocenters. The van der Waals surface area contributed by atoms with Crippen LogP contribution in [0.2, 0.25) is 0 Å². The molecule has 0 spiro atoms. The number of primary amides is 1. The Morgan fingerprint density at radius 1 is 1.38 bits per heavy atom. The predicted molar refractivity (Wildman–Crippen MR) is 80.9 cm³/mol. The number of rotatable bonds is 6. The van der Waals surface area contributed by atoms with Crippen molar-refractivity contribution in [1.82, 2.24) is 5.32 Å². The Kier molecular flexibility index (Phi) is 6.16. The Morgan fingerprint density at radius 3 is 2.62 bits per heavy atom. The van der Waals surface area contributed by atoms with E-state index in [1.807, 2.05) is 13.0 Å². The van der Waals surface area contributed by atoms with Gasteiger partial charge >= 0.3 is 12.0 Å². The molecule has 8 heteroatoms. The standard InChI is InChI=1S/C13H16BrN3O4/c1-7-2-3-8(14)10(6-7)17-13(21)16-9(12(19)20)4-5-11(15)18/h2-3,6,9H,4-5H2,1H3,(H2,15,18)(H,19,20)(H2,16,17,21)/t9-/m1/s1. The monoisotopic (exact) mass is 357 g/mol. The van der Waals surface area contributed by atoms with E-state index < -0.39 is 23.9 Å². The molecule has 0 heterocycles. The largest absolute Gasteiger partial charge is 0.480 e. The van der Waals surface area contributed by atoms with E-state index in [9.17, 15) is 14.4 Å². The smallest absolute Gasteiger partial charge is 0.326 e. The Morgan fingerprint density at radius 2 is 2.05 bits per heavy atom. The molecule has 0 fully saturated rings. The quantitative estimate of drug-likeness (QED) is 0.617. The zero-order valence-electron chi connectivity index (χ0n) is 11.4. The molecule has 0 aliphatic rings. The van der Waals surface area contributed by atoms with Crippen molar-refractivity contribution in [1.29, 1.82) is 0 Å². The van der Waals surface area contributed by atoms with E-state index in [1.54, 1.807) is 12.1 Å². The first-order valence-corrected chi connectivity index (χ1v) is 6.93. The molecule has 0 saturated heterocycles. The van der Waals surface area contributed by atoms with Crippen LogP contribution in [-0.4, -0.2) is 29.1 Å². The Balaban J connectivity index is 2.67. The fourth-order valence-corrected chi connectivity index (χ4v) is 1.94. The Hall–Kier alpha value is -2.09. The van der Waals surface area contributed by atoms with E-state index in [0.29, 0.717) is 10.2 Å². The number of carboxylic acids is 1. The summed E-state index contributed by atoms with van der Waals surface area (Å²) in [7, 11) is 0. The van der Waals surface area contributed by atoms with Gasteiger partial charge in [0.15, 0.2) is 0 Å². The highest BCUT2D eigenvalue weighted by atomic mass is 79.9. The summed E-state index contributed by atoms with van der Waals surface area (Å²) in [6, 6.07) is 3.52. The molecule has 3 amide bonds. The van der Waals surface area contributed by atoms with Crippen molar-refractivity contribution in [2.45, 2.75) is 25.8 Å². The number of aryl methyl sites for hydroxylation is 1. The van der Waals surface area contributed by atoms with Gasteiger partial charge in [-0.1, -0.05) is 6.07 Å². The molecule has 1 aromatic rings. The summed E-state index contributed by atoms with van der Waals surface area (Å²) in [6.07, 6.45) is -0.182. The average Bonchev–Trinajstić information content (AvgIpc) is 2.38. The van der Waals surface area contributed by atoms with Crippen LogP contribution >= 0.6 is 15.9 Å². The van der Waals surface area contributed by atoms with Gasteiger partial charge in [0, 0.05) is 10.9 Å². The minimum absolute atomic E-state index is 0.0624. The van der Waals surface area contributed by atoms with Crippen LogP contribution in [0.4, 0.5) is 10.5 Å². The molecule has 5 N–H and O–H groups in total. The number of benzene rings is 1. The van der Waals surface area contributed by atoms with Crippen LogP contribution in [0, 0.1) is 6.92 Å². The lowest BCUT2D eigenvalue weighted by atomic mass is 10.1. The third kappa shape index (κ3) is 5.82. The maximum Gasteiger partial charge on any atom is 0.326 e. The predicted octanol–water partition coefficient (Wildman–Crippen LogP) is 1.60. The molecule has 1 atom stereocenters. The molecule has 0 aliphatic carbocycles. The molecular formula is C13H16BrN3O4. The van der Waals surface area contributed by atoms with Crippen LogP contribution in [0.5, 0.6) is 0 Å². The van der Waals surface area contributed by atoms with Gasteiger partial charge in [-0.05, 0) is 47.0 Å². The van der Waals surface area contributed by atoms with Gasteiger partial charge in [0.05, 0.1) is 5.69 Å². The number of hydrogen-bond acceptors (Lipinski definition) is 3. The maximum atomic E-state index is 11.8. The molecule has 7 nitrogen and oxygen atoms in total. The van der Waals surface area contributed by atoms with E-state index in [0.717, 1.165) is 5.56 Å². The molecule has 21 heavy (non-hydrogen) atoms. The summed E-state index contributed by atoms with van der Waals surface area (Å²) in [6.45, 7) is 1.86. The number of nitrogens with one attached hydrogen (secondary N) is 2. The van der Waals surface area contributed by atoms with Gasteiger partial charge in [0.1, 0.15) is 6.04 Å². The van der Waals surface area contributed by atoms with Crippen molar-refractivity contribution < 1.29 is 19.5 Å². The molecule has 1 aromatic carbocycles. The molecule has 0 bridgehead atoms. The van der Waals surface area contributed by atoms with Crippen LogP contribution in [0.25, 0.3) is 0 Å². The highest BCUT2D eigenvalue weighted by Gasteiger charge is 2.20. The van der Waals surface area contributed by atoms with E-state index >= 15 is 0 Å². The second-order valence-corrected chi connectivity index (χ2v) is 5.33. The average molecular weight is 358 g/mol. The molecule has 0 radical (unpaired) electrons. The fraction of sp³-hybridized carbons (Fsp3) is 0.308. The van der Waals surface area contributed by atoms with Gasteiger partial charge in [-0.25, -0.2) is 9.59 Å². The summed E-state index contributed by atoms with van der Waals surface area (Å²) in [5.41, 5.74) is 6.43. The zero-order valence-corrected chi connectivity index (χ0v) is 12.9. The van der Waals surface area contributed by atoms with Crippen LogP contribution in [0.1, 0.15) is 18.4 Å². The molecule has 1 rings (SSSR count). The summed E-state index contributed by atoms with van der Waals surface area (Å²) in [4.78, 5) is 33.5. The maximum absolute atomic E-state index is 11.8. The number of halogens is 1. The van der Waals surface area contributed by atoms with Gasteiger partial charge in [0.25, 0.3) is 0 Å². The summed E-state index contributed by atoms with van der Waals surface area (Å²) in [5.74, 6) is -1.85. The number of carbonyl (C=O) groups excluding carboxylic acids is 2. The summed E-state index contributed by atoms with van der Waals surface area (Å²) in [5, 5.41) is 13.8. The van der Waals surface area contributed by atoms with Gasteiger partial charge in [-0.2, -0.15) is 0 Å². The van der Waals surface area contributed by atoms with E-state index in [1.165, 1.54) is 0 Å². The number of carbonyl (C=O) groups is 3. The van der Waals surface area contributed by atoms with E-state index in [4.69, 9.17) is 10.8 Å². The number of hydrogen-bond donors (Lipinski definition) is 4. The van der Waals surface area contributed by atoms with Crippen molar-refractivity contribution in [2.75, 3.05) is 5.32 Å².